The van der Waals surface area contributed by atoms with E-state index < -0.39 is 47.1 Å². The zero-order valence-corrected chi connectivity index (χ0v) is 22.1. The molecule has 14 heteroatoms. The molecule has 0 spiro atoms. The first-order chi connectivity index (χ1) is 19.3. The summed E-state index contributed by atoms with van der Waals surface area (Å²) in [4.78, 5) is 33.4. The molecule has 5 N–H and O–H groups in total. The van der Waals surface area contributed by atoms with Gasteiger partial charge in [-0.15, -0.1) is 11.3 Å². The number of pyridine rings is 1. The van der Waals surface area contributed by atoms with Crippen LogP contribution in [0.5, 0.6) is 5.75 Å². The van der Waals surface area contributed by atoms with Crippen molar-refractivity contribution in [3.05, 3.63) is 76.2 Å². The van der Waals surface area contributed by atoms with E-state index in [0.717, 1.165) is 29.5 Å². The lowest BCUT2D eigenvalue weighted by Gasteiger charge is -2.31. The van der Waals surface area contributed by atoms with Gasteiger partial charge in [0.1, 0.15) is 34.3 Å². The maximum atomic E-state index is 14.5. The topological polar surface area (TPSA) is 148 Å². The van der Waals surface area contributed by atoms with Crippen molar-refractivity contribution < 1.29 is 42.1 Å². The van der Waals surface area contributed by atoms with Gasteiger partial charge in [-0.05, 0) is 55.5 Å². The van der Waals surface area contributed by atoms with Crippen LogP contribution in [0.1, 0.15) is 33.5 Å². The monoisotopic (exact) mass is 590 g/mol. The summed E-state index contributed by atoms with van der Waals surface area (Å²) in [6.45, 7) is -0.560. The second kappa shape index (κ2) is 10.0. The molecule has 0 saturated heterocycles. The summed E-state index contributed by atoms with van der Waals surface area (Å²) < 4.78 is 63.4. The molecule has 1 aliphatic heterocycles. The quantitative estimate of drug-likeness (QED) is 0.242. The minimum Gasteiger partial charge on any atom is -0.489 e. The molecule has 2 aromatic heterocycles. The Morgan fingerprint density at radius 1 is 1.15 bits per heavy atom. The van der Waals surface area contributed by atoms with Gasteiger partial charge < -0.3 is 26.0 Å². The van der Waals surface area contributed by atoms with Crippen LogP contribution in [-0.2, 0) is 22.4 Å². The van der Waals surface area contributed by atoms with E-state index in [4.69, 9.17) is 10.5 Å². The standard InChI is InChI=1S/C27H22F4N4O5S/c1-25(24(32)38)12-40-22-16(25)9-19(35-21(22)13-2-5-15(28)6-3-13)26(39,27(29,30)31)11-33-23(37)14-4-7-17-18(8-14)41-20(10-36)34-17/h2-9,36,39H,10-12H2,1H3,(H2,32,38)(H,33,37)/t25-,26-/m0/s1. The first-order valence-corrected chi connectivity index (χ1v) is 12.9. The molecule has 2 aromatic carbocycles. The molecular formula is C27H22F4N4O5S. The Morgan fingerprint density at radius 2 is 1.85 bits per heavy atom. The summed E-state index contributed by atoms with van der Waals surface area (Å²) in [5.74, 6) is -2.44. The van der Waals surface area contributed by atoms with E-state index in [1.165, 1.54) is 37.3 Å². The molecule has 5 rings (SSSR count). The Balaban J connectivity index is 1.57. The van der Waals surface area contributed by atoms with Crippen LogP contribution >= 0.6 is 11.3 Å². The van der Waals surface area contributed by atoms with Gasteiger partial charge in [-0.1, -0.05) is 0 Å². The van der Waals surface area contributed by atoms with Crippen LogP contribution in [0.3, 0.4) is 0 Å². The van der Waals surface area contributed by atoms with Gasteiger partial charge in [-0.3, -0.25) is 9.59 Å². The van der Waals surface area contributed by atoms with Gasteiger partial charge in [0, 0.05) is 16.7 Å². The van der Waals surface area contributed by atoms with E-state index in [1.54, 1.807) is 0 Å². The smallest absolute Gasteiger partial charge is 0.424 e. The SMILES string of the molecule is C[C@]1(C(N)=O)COc2c1cc([C@@](O)(CNC(=O)c1ccc3nc(CO)sc3c1)C(F)(F)F)nc2-c1ccc(F)cc1. The lowest BCUT2D eigenvalue weighted by molar-refractivity contribution is -0.265. The number of nitrogens with one attached hydrogen (secondary N) is 1. The normalized spacial score (nSPS) is 18.0. The van der Waals surface area contributed by atoms with Crippen LogP contribution in [0.25, 0.3) is 21.5 Å². The summed E-state index contributed by atoms with van der Waals surface area (Å²) in [5, 5.41) is 22.9. The summed E-state index contributed by atoms with van der Waals surface area (Å²) in [7, 11) is 0. The lowest BCUT2D eigenvalue weighted by Crippen LogP contribution is -2.51. The second-order valence-corrected chi connectivity index (χ2v) is 10.8. The highest BCUT2D eigenvalue weighted by Crippen LogP contribution is 2.47. The van der Waals surface area contributed by atoms with E-state index >= 15 is 0 Å². The molecule has 41 heavy (non-hydrogen) atoms. The lowest BCUT2D eigenvalue weighted by atomic mass is 9.81. The number of nitrogens with zero attached hydrogens (tertiary/aromatic N) is 2. The molecule has 3 heterocycles. The first-order valence-electron chi connectivity index (χ1n) is 12.1. The molecule has 0 unspecified atom stereocenters. The van der Waals surface area contributed by atoms with E-state index in [0.29, 0.717) is 15.2 Å². The average molecular weight is 591 g/mol. The number of fused-ring (bicyclic) bond motifs is 2. The van der Waals surface area contributed by atoms with Gasteiger partial charge >= 0.3 is 6.18 Å². The van der Waals surface area contributed by atoms with Crippen molar-refractivity contribution in [1.29, 1.82) is 0 Å². The highest BCUT2D eigenvalue weighted by Gasteiger charge is 2.57. The van der Waals surface area contributed by atoms with Crippen molar-refractivity contribution in [1.82, 2.24) is 15.3 Å². The number of ether oxygens (including phenoxy) is 1. The number of aliphatic hydroxyl groups is 2. The maximum Gasteiger partial charge on any atom is 0.424 e. The molecule has 1 aliphatic rings. The van der Waals surface area contributed by atoms with E-state index in [1.807, 2.05) is 0 Å². The third-order valence-corrected chi connectivity index (χ3v) is 7.96. The van der Waals surface area contributed by atoms with Crippen LogP contribution in [-0.4, -0.2) is 51.3 Å². The first kappa shape index (κ1) is 28.4. The fourth-order valence-corrected chi connectivity index (χ4v) is 5.30. The number of primary amides is 1. The Kier molecular flexibility index (Phi) is 6.96. The van der Waals surface area contributed by atoms with Gasteiger partial charge in [0.25, 0.3) is 5.91 Å². The third kappa shape index (κ3) is 4.87. The van der Waals surface area contributed by atoms with Crippen molar-refractivity contribution in [2.45, 2.75) is 30.7 Å². The molecule has 2 atom stereocenters. The summed E-state index contributed by atoms with van der Waals surface area (Å²) >= 11 is 1.11. The average Bonchev–Trinajstić information content (AvgIpc) is 3.52. The van der Waals surface area contributed by atoms with E-state index in [2.05, 4.69) is 15.3 Å². The zero-order chi connectivity index (χ0) is 29.7. The van der Waals surface area contributed by atoms with E-state index in [-0.39, 0.29) is 41.3 Å². The molecular weight excluding hydrogens is 568 g/mol. The molecule has 0 saturated carbocycles. The van der Waals surface area contributed by atoms with Crippen molar-refractivity contribution in [2.75, 3.05) is 13.2 Å². The minimum atomic E-state index is -5.35. The number of benzene rings is 2. The highest BCUT2D eigenvalue weighted by atomic mass is 32.1. The molecule has 0 radical (unpaired) electrons. The van der Waals surface area contributed by atoms with Crippen LogP contribution < -0.4 is 15.8 Å². The van der Waals surface area contributed by atoms with Crippen LogP contribution in [0.4, 0.5) is 17.6 Å². The number of nitrogens with two attached hydrogens (primary N) is 1. The molecule has 0 aliphatic carbocycles. The van der Waals surface area contributed by atoms with Crippen molar-refractivity contribution in [3.8, 4) is 17.0 Å². The zero-order valence-electron chi connectivity index (χ0n) is 21.3. The predicted molar refractivity (Wildman–Crippen MR) is 140 cm³/mol. The number of carbonyl (C=O) groups excluding carboxylic acids is 2. The van der Waals surface area contributed by atoms with Gasteiger partial charge in [-0.2, -0.15) is 13.2 Å². The van der Waals surface area contributed by atoms with Crippen LogP contribution in [0, 0.1) is 5.82 Å². The Morgan fingerprint density at radius 3 is 2.49 bits per heavy atom. The summed E-state index contributed by atoms with van der Waals surface area (Å²) in [6.07, 6.45) is -5.35. The minimum absolute atomic E-state index is 0.00113. The Hall–Kier alpha value is -4.14. The van der Waals surface area contributed by atoms with Crippen LogP contribution in [0.15, 0.2) is 48.5 Å². The largest absolute Gasteiger partial charge is 0.489 e. The number of alkyl halides is 3. The number of amides is 2. The predicted octanol–water partition coefficient (Wildman–Crippen LogP) is 3.31. The van der Waals surface area contributed by atoms with Crippen LogP contribution in [0.2, 0.25) is 0 Å². The number of rotatable bonds is 7. The number of hydrogen-bond donors (Lipinski definition) is 4. The fourth-order valence-electron chi connectivity index (χ4n) is 4.43. The van der Waals surface area contributed by atoms with Crippen molar-refractivity contribution in [2.24, 2.45) is 5.73 Å². The molecule has 4 aromatic rings. The number of thiazole rings is 1. The van der Waals surface area contributed by atoms with Gasteiger partial charge in [0.15, 0.2) is 0 Å². The number of aliphatic hydroxyl groups excluding tert-OH is 1. The molecule has 214 valence electrons. The van der Waals surface area contributed by atoms with E-state index in [9.17, 15) is 37.4 Å². The summed E-state index contributed by atoms with van der Waals surface area (Å²) in [5.41, 5.74) is -0.197. The Bertz CT molecular complexity index is 1680. The fraction of sp³-hybridized carbons (Fsp3) is 0.259. The number of hydrogen-bond acceptors (Lipinski definition) is 8. The summed E-state index contributed by atoms with van der Waals surface area (Å²) in [6, 6.07) is 9.78. The van der Waals surface area contributed by atoms with Gasteiger partial charge in [0.2, 0.25) is 11.5 Å². The second-order valence-electron chi connectivity index (χ2n) is 9.71. The third-order valence-electron chi connectivity index (χ3n) is 6.96. The Labute approximate surface area is 233 Å². The number of carbonyl (C=O) groups is 2. The van der Waals surface area contributed by atoms with Crippen molar-refractivity contribution in [3.63, 3.8) is 0 Å². The van der Waals surface area contributed by atoms with Gasteiger partial charge in [0.05, 0.1) is 29.1 Å². The highest BCUT2D eigenvalue weighted by molar-refractivity contribution is 7.18. The van der Waals surface area contributed by atoms with Crippen molar-refractivity contribution >= 4 is 33.4 Å². The molecule has 0 bridgehead atoms. The molecule has 9 nitrogen and oxygen atoms in total. The number of aromatic nitrogens is 2. The molecule has 0 fully saturated rings. The van der Waals surface area contributed by atoms with Gasteiger partial charge in [-0.25, -0.2) is 14.4 Å². The maximum absolute atomic E-state index is 14.5. The number of halogens is 4. The molecule has 2 amide bonds.